The number of nitrogen functional groups attached to an aromatic ring is 1. The molecule has 0 bridgehead atoms. The minimum atomic E-state index is 0.122. The lowest BCUT2D eigenvalue weighted by Crippen LogP contribution is -2.27. The number of aliphatic hydroxyl groups is 1. The van der Waals surface area contributed by atoms with E-state index in [4.69, 9.17) is 10.8 Å². The van der Waals surface area contributed by atoms with Gasteiger partial charge in [0, 0.05) is 12.6 Å². The fourth-order valence-corrected chi connectivity index (χ4v) is 0.977. The summed E-state index contributed by atoms with van der Waals surface area (Å²) in [7, 11) is 0. The lowest BCUT2D eigenvalue weighted by atomic mass is 10.1. The van der Waals surface area contributed by atoms with Crippen molar-refractivity contribution >= 4 is 11.5 Å². The van der Waals surface area contributed by atoms with Crippen molar-refractivity contribution in [1.82, 2.24) is 9.97 Å². The second-order valence-electron chi connectivity index (χ2n) is 3.42. The molecule has 78 valence electrons. The standard InChI is InChI=1S/C9H16N4O/c1-6(4-14)7(2)13-9-8(10)3-11-5-12-9/h3,5-7,14H,4,10H2,1-2H3,(H,11,12,13). The number of anilines is 2. The summed E-state index contributed by atoms with van der Waals surface area (Å²) in [5.74, 6) is 0.775. The first kappa shape index (κ1) is 10.7. The highest BCUT2D eigenvalue weighted by Gasteiger charge is 2.12. The van der Waals surface area contributed by atoms with Gasteiger partial charge in [-0.25, -0.2) is 9.97 Å². The maximum atomic E-state index is 8.95. The molecule has 0 aliphatic carbocycles. The highest BCUT2D eigenvalue weighted by molar-refractivity contribution is 5.59. The van der Waals surface area contributed by atoms with Gasteiger partial charge < -0.3 is 16.2 Å². The topological polar surface area (TPSA) is 84.1 Å². The molecule has 0 saturated carbocycles. The molecule has 0 radical (unpaired) electrons. The number of aliphatic hydroxyl groups excluding tert-OH is 1. The van der Waals surface area contributed by atoms with Crippen LogP contribution in [0.25, 0.3) is 0 Å². The van der Waals surface area contributed by atoms with Crippen LogP contribution in [-0.4, -0.2) is 27.7 Å². The first-order chi connectivity index (χ1) is 6.65. The van der Waals surface area contributed by atoms with E-state index in [0.717, 1.165) is 0 Å². The van der Waals surface area contributed by atoms with E-state index >= 15 is 0 Å². The van der Waals surface area contributed by atoms with Gasteiger partial charge in [-0.3, -0.25) is 0 Å². The summed E-state index contributed by atoms with van der Waals surface area (Å²) in [6.07, 6.45) is 2.99. The molecular weight excluding hydrogens is 180 g/mol. The fraction of sp³-hybridized carbons (Fsp3) is 0.556. The highest BCUT2D eigenvalue weighted by atomic mass is 16.3. The van der Waals surface area contributed by atoms with Crippen LogP contribution in [0.4, 0.5) is 11.5 Å². The largest absolute Gasteiger partial charge is 0.396 e. The Balaban J connectivity index is 2.64. The SMILES string of the molecule is CC(CO)C(C)Nc1ncncc1N. The van der Waals surface area contributed by atoms with Crippen LogP contribution in [0.15, 0.2) is 12.5 Å². The molecule has 0 spiro atoms. The maximum absolute atomic E-state index is 8.95. The molecule has 4 N–H and O–H groups in total. The lowest BCUT2D eigenvalue weighted by Gasteiger charge is -2.20. The van der Waals surface area contributed by atoms with E-state index in [2.05, 4.69) is 15.3 Å². The third kappa shape index (κ3) is 2.56. The second kappa shape index (κ2) is 4.76. The van der Waals surface area contributed by atoms with Crippen molar-refractivity contribution in [3.8, 4) is 0 Å². The van der Waals surface area contributed by atoms with Gasteiger partial charge in [-0.1, -0.05) is 6.92 Å². The summed E-state index contributed by atoms with van der Waals surface area (Å²) >= 11 is 0. The molecule has 1 aromatic rings. The lowest BCUT2D eigenvalue weighted by molar-refractivity contribution is 0.226. The molecule has 14 heavy (non-hydrogen) atoms. The number of hydrogen-bond donors (Lipinski definition) is 3. The van der Waals surface area contributed by atoms with Crippen molar-refractivity contribution in [2.45, 2.75) is 19.9 Å². The summed E-state index contributed by atoms with van der Waals surface area (Å²) in [6, 6.07) is 0.122. The zero-order valence-corrected chi connectivity index (χ0v) is 8.44. The van der Waals surface area contributed by atoms with Crippen LogP contribution in [0.1, 0.15) is 13.8 Å². The molecule has 0 fully saturated rings. The Hall–Kier alpha value is -1.36. The molecule has 0 aromatic carbocycles. The molecule has 1 heterocycles. The normalized spacial score (nSPS) is 14.8. The van der Waals surface area contributed by atoms with Crippen molar-refractivity contribution < 1.29 is 5.11 Å². The Bertz CT molecular complexity index is 292. The Kier molecular flexibility index (Phi) is 3.64. The van der Waals surface area contributed by atoms with Crippen molar-refractivity contribution in [3.05, 3.63) is 12.5 Å². The van der Waals surface area contributed by atoms with Crippen molar-refractivity contribution in [2.24, 2.45) is 5.92 Å². The van der Waals surface area contributed by atoms with Crippen LogP contribution in [-0.2, 0) is 0 Å². The van der Waals surface area contributed by atoms with Gasteiger partial charge >= 0.3 is 0 Å². The maximum Gasteiger partial charge on any atom is 0.152 e. The molecule has 5 heteroatoms. The Morgan fingerprint density at radius 1 is 1.57 bits per heavy atom. The Morgan fingerprint density at radius 3 is 2.86 bits per heavy atom. The van der Waals surface area contributed by atoms with Crippen molar-refractivity contribution in [2.75, 3.05) is 17.7 Å². The zero-order valence-electron chi connectivity index (χ0n) is 8.44. The van der Waals surface area contributed by atoms with Crippen molar-refractivity contribution in [1.29, 1.82) is 0 Å². The quantitative estimate of drug-likeness (QED) is 0.652. The number of nitrogens with two attached hydrogens (primary N) is 1. The highest BCUT2D eigenvalue weighted by Crippen LogP contribution is 2.15. The molecule has 0 aliphatic heterocycles. The predicted octanol–water partition coefficient (Wildman–Crippen LogP) is 0.488. The zero-order chi connectivity index (χ0) is 10.6. The van der Waals surface area contributed by atoms with Gasteiger partial charge in [-0.2, -0.15) is 0 Å². The van der Waals surface area contributed by atoms with Gasteiger partial charge in [-0.15, -0.1) is 0 Å². The van der Waals surface area contributed by atoms with Gasteiger partial charge in [0.25, 0.3) is 0 Å². The van der Waals surface area contributed by atoms with Gasteiger partial charge in [0.2, 0.25) is 0 Å². The predicted molar refractivity (Wildman–Crippen MR) is 55.8 cm³/mol. The number of rotatable bonds is 4. The van der Waals surface area contributed by atoms with Crippen LogP contribution < -0.4 is 11.1 Å². The average Bonchev–Trinajstić information content (AvgIpc) is 2.20. The summed E-state index contributed by atoms with van der Waals surface area (Å²) in [6.45, 7) is 4.07. The smallest absolute Gasteiger partial charge is 0.152 e. The molecule has 1 rings (SSSR count). The first-order valence-corrected chi connectivity index (χ1v) is 4.58. The third-order valence-corrected chi connectivity index (χ3v) is 2.25. The van der Waals surface area contributed by atoms with Gasteiger partial charge in [0.15, 0.2) is 5.82 Å². The molecule has 1 aromatic heterocycles. The van der Waals surface area contributed by atoms with E-state index in [9.17, 15) is 0 Å². The number of aromatic nitrogens is 2. The number of nitrogens with zero attached hydrogens (tertiary/aromatic N) is 2. The van der Waals surface area contributed by atoms with E-state index in [-0.39, 0.29) is 18.6 Å². The summed E-state index contributed by atoms with van der Waals surface area (Å²) in [5, 5.41) is 12.1. The van der Waals surface area contributed by atoms with Crippen LogP contribution in [0.5, 0.6) is 0 Å². The Labute approximate surface area is 83.4 Å². The molecule has 0 saturated heterocycles. The van der Waals surface area contributed by atoms with E-state index < -0.39 is 0 Å². The minimum absolute atomic E-state index is 0.122. The van der Waals surface area contributed by atoms with Gasteiger partial charge in [-0.05, 0) is 12.8 Å². The second-order valence-corrected chi connectivity index (χ2v) is 3.42. The van der Waals surface area contributed by atoms with E-state index in [1.165, 1.54) is 6.33 Å². The van der Waals surface area contributed by atoms with Crippen molar-refractivity contribution in [3.63, 3.8) is 0 Å². The Morgan fingerprint density at radius 2 is 2.29 bits per heavy atom. The monoisotopic (exact) mass is 196 g/mol. The summed E-state index contributed by atoms with van der Waals surface area (Å²) < 4.78 is 0. The summed E-state index contributed by atoms with van der Waals surface area (Å²) in [5.41, 5.74) is 6.18. The fourth-order valence-electron chi connectivity index (χ4n) is 0.977. The van der Waals surface area contributed by atoms with Gasteiger partial charge in [0.05, 0.1) is 11.9 Å². The van der Waals surface area contributed by atoms with Crippen LogP contribution in [0.2, 0.25) is 0 Å². The third-order valence-electron chi connectivity index (χ3n) is 2.25. The number of hydrogen-bond acceptors (Lipinski definition) is 5. The molecule has 2 atom stereocenters. The summed E-state index contributed by atoms with van der Waals surface area (Å²) in [4.78, 5) is 7.80. The number of nitrogens with one attached hydrogen (secondary N) is 1. The van der Waals surface area contributed by atoms with E-state index in [1.807, 2.05) is 13.8 Å². The average molecular weight is 196 g/mol. The molecule has 0 aliphatic rings. The molecule has 0 amide bonds. The van der Waals surface area contributed by atoms with Crippen LogP contribution in [0, 0.1) is 5.92 Å². The van der Waals surface area contributed by atoms with E-state index in [1.54, 1.807) is 6.20 Å². The molecule has 5 nitrogen and oxygen atoms in total. The van der Waals surface area contributed by atoms with Crippen LogP contribution >= 0.6 is 0 Å². The molecular formula is C9H16N4O. The first-order valence-electron chi connectivity index (χ1n) is 4.58. The minimum Gasteiger partial charge on any atom is -0.396 e. The molecule has 2 unspecified atom stereocenters. The van der Waals surface area contributed by atoms with E-state index in [0.29, 0.717) is 11.5 Å². The van der Waals surface area contributed by atoms with Gasteiger partial charge in [0.1, 0.15) is 6.33 Å². The van der Waals surface area contributed by atoms with Crippen LogP contribution in [0.3, 0.4) is 0 Å².